The number of nitrogen functional groups attached to an aromatic ring is 1. The zero-order valence-corrected chi connectivity index (χ0v) is 12.6. The van der Waals surface area contributed by atoms with Crippen LogP contribution in [0, 0.1) is 13.8 Å². The van der Waals surface area contributed by atoms with Crippen LogP contribution in [0.25, 0.3) is 22.4 Å². The van der Waals surface area contributed by atoms with Crippen LogP contribution in [0.3, 0.4) is 0 Å². The Kier molecular flexibility index (Phi) is 3.43. The fourth-order valence-corrected chi connectivity index (χ4v) is 2.77. The van der Waals surface area contributed by atoms with Gasteiger partial charge in [0.1, 0.15) is 5.69 Å². The Bertz CT molecular complexity index is 788. The van der Waals surface area contributed by atoms with Gasteiger partial charge in [0.2, 0.25) is 5.88 Å². The molecule has 0 amide bonds. The molecule has 0 bridgehead atoms. The Morgan fingerprint density at radius 1 is 1.00 bits per heavy atom. The highest BCUT2D eigenvalue weighted by Crippen LogP contribution is 2.39. The standard InChI is InChI=1S/C17H15ClN2O/c1-10-5-3-6-11(2)14(10)16-15(17(19)21-20-16)12-7-4-8-13(18)9-12/h3-9H,19H2,1-2H3. The fraction of sp³-hybridized carbons (Fsp3) is 0.118. The van der Waals surface area contributed by atoms with E-state index in [-0.39, 0.29) is 0 Å². The first-order valence-electron chi connectivity index (χ1n) is 6.65. The summed E-state index contributed by atoms with van der Waals surface area (Å²) in [6, 6.07) is 13.7. The van der Waals surface area contributed by atoms with Gasteiger partial charge in [-0.2, -0.15) is 0 Å². The van der Waals surface area contributed by atoms with Gasteiger partial charge in [-0.05, 0) is 42.7 Å². The molecule has 0 saturated heterocycles. The summed E-state index contributed by atoms with van der Waals surface area (Å²) in [4.78, 5) is 0. The Balaban J connectivity index is 2.27. The zero-order valence-electron chi connectivity index (χ0n) is 11.9. The lowest BCUT2D eigenvalue weighted by Crippen LogP contribution is -1.92. The molecule has 3 aromatic rings. The Morgan fingerprint density at radius 2 is 1.67 bits per heavy atom. The van der Waals surface area contributed by atoms with Gasteiger partial charge in [-0.3, -0.25) is 0 Å². The second-order valence-electron chi connectivity index (χ2n) is 5.05. The van der Waals surface area contributed by atoms with Crippen LogP contribution < -0.4 is 5.73 Å². The van der Waals surface area contributed by atoms with Gasteiger partial charge in [0.05, 0.1) is 5.56 Å². The van der Waals surface area contributed by atoms with E-state index in [9.17, 15) is 0 Å². The zero-order chi connectivity index (χ0) is 15.0. The molecule has 0 saturated carbocycles. The van der Waals surface area contributed by atoms with Crippen LogP contribution >= 0.6 is 11.6 Å². The van der Waals surface area contributed by atoms with Crippen molar-refractivity contribution in [1.82, 2.24) is 5.16 Å². The van der Waals surface area contributed by atoms with Gasteiger partial charge in [-0.25, -0.2) is 0 Å². The maximum atomic E-state index is 6.08. The lowest BCUT2D eigenvalue weighted by molar-refractivity contribution is 0.439. The molecule has 0 fully saturated rings. The monoisotopic (exact) mass is 298 g/mol. The number of benzene rings is 2. The second-order valence-corrected chi connectivity index (χ2v) is 5.48. The molecule has 2 N–H and O–H groups in total. The van der Waals surface area contributed by atoms with E-state index in [0.29, 0.717) is 10.9 Å². The highest BCUT2D eigenvalue weighted by Gasteiger charge is 2.20. The average molecular weight is 299 g/mol. The Labute approximate surface area is 128 Å². The molecular formula is C17H15ClN2O. The molecule has 1 aromatic heterocycles. The molecule has 0 aliphatic heterocycles. The van der Waals surface area contributed by atoms with Crippen LogP contribution in [-0.2, 0) is 0 Å². The lowest BCUT2D eigenvalue weighted by atomic mass is 9.95. The van der Waals surface area contributed by atoms with E-state index in [0.717, 1.165) is 33.5 Å². The number of anilines is 1. The molecule has 0 radical (unpaired) electrons. The van der Waals surface area contributed by atoms with E-state index in [1.54, 1.807) is 0 Å². The summed E-state index contributed by atoms with van der Waals surface area (Å²) in [7, 11) is 0. The highest BCUT2D eigenvalue weighted by molar-refractivity contribution is 6.30. The van der Waals surface area contributed by atoms with Crippen molar-refractivity contribution in [2.75, 3.05) is 5.73 Å². The van der Waals surface area contributed by atoms with E-state index in [2.05, 4.69) is 31.1 Å². The van der Waals surface area contributed by atoms with Crippen LogP contribution in [0.2, 0.25) is 5.02 Å². The minimum atomic E-state index is 0.301. The minimum Gasteiger partial charge on any atom is -0.367 e. The number of rotatable bonds is 2. The fourth-order valence-electron chi connectivity index (χ4n) is 2.58. The molecular weight excluding hydrogens is 284 g/mol. The van der Waals surface area contributed by atoms with E-state index in [1.807, 2.05) is 30.3 Å². The summed E-state index contributed by atoms with van der Waals surface area (Å²) in [6.07, 6.45) is 0. The van der Waals surface area contributed by atoms with E-state index in [4.69, 9.17) is 21.9 Å². The molecule has 0 aliphatic carbocycles. The average Bonchev–Trinajstić information content (AvgIpc) is 2.80. The van der Waals surface area contributed by atoms with Crippen LogP contribution in [0.1, 0.15) is 11.1 Å². The predicted molar refractivity (Wildman–Crippen MR) is 86.3 cm³/mol. The molecule has 4 heteroatoms. The Hall–Kier alpha value is -2.26. The number of hydrogen-bond donors (Lipinski definition) is 1. The third kappa shape index (κ3) is 2.41. The van der Waals surface area contributed by atoms with Crippen molar-refractivity contribution in [2.24, 2.45) is 0 Å². The quantitative estimate of drug-likeness (QED) is 0.735. The van der Waals surface area contributed by atoms with Crippen molar-refractivity contribution in [3.63, 3.8) is 0 Å². The summed E-state index contributed by atoms with van der Waals surface area (Å²) in [5.74, 6) is 0.301. The lowest BCUT2D eigenvalue weighted by Gasteiger charge is -2.09. The van der Waals surface area contributed by atoms with Gasteiger partial charge in [-0.1, -0.05) is 47.1 Å². The summed E-state index contributed by atoms with van der Waals surface area (Å²) in [5, 5.41) is 4.82. The van der Waals surface area contributed by atoms with E-state index < -0.39 is 0 Å². The second kappa shape index (κ2) is 5.26. The van der Waals surface area contributed by atoms with Crippen molar-refractivity contribution in [3.8, 4) is 22.4 Å². The molecule has 3 nitrogen and oxygen atoms in total. The van der Waals surface area contributed by atoms with E-state index >= 15 is 0 Å². The molecule has 0 atom stereocenters. The van der Waals surface area contributed by atoms with Crippen molar-refractivity contribution in [1.29, 1.82) is 0 Å². The molecule has 1 heterocycles. The molecule has 3 rings (SSSR count). The third-order valence-electron chi connectivity index (χ3n) is 3.55. The molecule has 2 aromatic carbocycles. The molecule has 0 spiro atoms. The normalized spacial score (nSPS) is 10.8. The molecule has 0 aliphatic rings. The predicted octanol–water partition coefficient (Wildman–Crippen LogP) is 4.86. The topological polar surface area (TPSA) is 52.0 Å². The van der Waals surface area contributed by atoms with Crippen molar-refractivity contribution in [3.05, 3.63) is 58.6 Å². The minimum absolute atomic E-state index is 0.301. The summed E-state index contributed by atoms with van der Waals surface area (Å²) < 4.78 is 5.24. The SMILES string of the molecule is Cc1cccc(C)c1-c1noc(N)c1-c1cccc(Cl)c1. The molecule has 21 heavy (non-hydrogen) atoms. The van der Waals surface area contributed by atoms with Crippen LogP contribution in [0.15, 0.2) is 47.0 Å². The van der Waals surface area contributed by atoms with Crippen LogP contribution in [0.5, 0.6) is 0 Å². The molecule has 0 unspecified atom stereocenters. The van der Waals surface area contributed by atoms with Crippen molar-refractivity contribution < 1.29 is 4.52 Å². The maximum Gasteiger partial charge on any atom is 0.230 e. The first-order chi connectivity index (χ1) is 10.1. The Morgan fingerprint density at radius 3 is 2.33 bits per heavy atom. The third-order valence-corrected chi connectivity index (χ3v) is 3.78. The first kappa shape index (κ1) is 13.7. The number of halogens is 1. The largest absolute Gasteiger partial charge is 0.367 e. The van der Waals surface area contributed by atoms with Gasteiger partial charge in [-0.15, -0.1) is 0 Å². The maximum absolute atomic E-state index is 6.08. The van der Waals surface area contributed by atoms with Gasteiger partial charge < -0.3 is 10.3 Å². The highest BCUT2D eigenvalue weighted by atomic mass is 35.5. The van der Waals surface area contributed by atoms with Gasteiger partial charge in [0.25, 0.3) is 0 Å². The van der Waals surface area contributed by atoms with E-state index in [1.165, 1.54) is 0 Å². The summed E-state index contributed by atoms with van der Waals surface area (Å²) in [6.45, 7) is 4.10. The first-order valence-corrected chi connectivity index (χ1v) is 7.03. The smallest absolute Gasteiger partial charge is 0.230 e. The van der Waals surface area contributed by atoms with Crippen molar-refractivity contribution in [2.45, 2.75) is 13.8 Å². The number of nitrogens with two attached hydrogens (primary N) is 1. The van der Waals surface area contributed by atoms with Crippen molar-refractivity contribution >= 4 is 17.5 Å². The van der Waals surface area contributed by atoms with Crippen LogP contribution in [-0.4, -0.2) is 5.16 Å². The van der Waals surface area contributed by atoms with Gasteiger partial charge >= 0.3 is 0 Å². The number of aryl methyl sites for hydroxylation is 2. The number of nitrogens with zero attached hydrogens (tertiary/aromatic N) is 1. The van der Waals surface area contributed by atoms with Crippen LogP contribution in [0.4, 0.5) is 5.88 Å². The number of hydrogen-bond acceptors (Lipinski definition) is 3. The van der Waals surface area contributed by atoms with Gasteiger partial charge in [0.15, 0.2) is 0 Å². The summed E-state index contributed by atoms with van der Waals surface area (Å²) >= 11 is 6.08. The summed E-state index contributed by atoms with van der Waals surface area (Å²) in [5.41, 5.74) is 11.7. The molecule has 106 valence electrons. The van der Waals surface area contributed by atoms with Gasteiger partial charge in [0, 0.05) is 10.6 Å². The number of aromatic nitrogens is 1.